The zero-order chi connectivity index (χ0) is 18.7. The maximum Gasteiger partial charge on any atom is 0.254 e. The number of rotatable bonds is 4. The van der Waals surface area contributed by atoms with E-state index in [0.29, 0.717) is 24.6 Å². The molecule has 0 bridgehead atoms. The highest BCUT2D eigenvalue weighted by Crippen LogP contribution is 2.16. The molecule has 1 aliphatic rings. The first-order chi connectivity index (χ1) is 12.4. The summed E-state index contributed by atoms with van der Waals surface area (Å²) in [5.74, 6) is 0.497. The number of benzene rings is 1. The number of amides is 1. The van der Waals surface area contributed by atoms with Crippen LogP contribution in [-0.4, -0.2) is 46.5 Å². The third kappa shape index (κ3) is 4.22. The van der Waals surface area contributed by atoms with Crippen LogP contribution in [0.25, 0.3) is 0 Å². The van der Waals surface area contributed by atoms with Crippen molar-refractivity contribution in [1.82, 2.24) is 14.4 Å². The van der Waals surface area contributed by atoms with Crippen LogP contribution in [0, 0.1) is 0 Å². The predicted octanol–water partition coefficient (Wildman–Crippen LogP) is 2.47. The van der Waals surface area contributed by atoms with Crippen molar-refractivity contribution in [2.24, 2.45) is 7.05 Å². The number of nitrogens with zero attached hydrogens (tertiary/aromatic N) is 3. The van der Waals surface area contributed by atoms with Crippen molar-refractivity contribution in [2.75, 3.05) is 26.2 Å². The Morgan fingerprint density at radius 1 is 1.04 bits per heavy atom. The second-order valence-electron chi connectivity index (χ2n) is 7.33. The molecule has 1 aliphatic heterocycles. The standard InChI is InChI=1S/C21H27N3O2/c1-16(2)18-6-4-17(5-7-18)15-23-10-12-24(13-11-23)21(26)19-8-9-22(3)20(25)14-19/h4-9,14,16H,10-13,15H2,1-3H3. The van der Waals surface area contributed by atoms with E-state index in [9.17, 15) is 9.59 Å². The van der Waals surface area contributed by atoms with Crippen LogP contribution in [0.15, 0.2) is 47.4 Å². The first-order valence-electron chi connectivity index (χ1n) is 9.21. The monoisotopic (exact) mass is 353 g/mol. The molecule has 1 aromatic heterocycles. The van der Waals surface area contributed by atoms with E-state index in [0.717, 1.165) is 19.6 Å². The van der Waals surface area contributed by atoms with Gasteiger partial charge in [0.05, 0.1) is 0 Å². The lowest BCUT2D eigenvalue weighted by molar-refractivity contribution is 0.0628. The van der Waals surface area contributed by atoms with Crippen LogP contribution in [0.2, 0.25) is 0 Å². The highest BCUT2D eigenvalue weighted by molar-refractivity contribution is 5.94. The summed E-state index contributed by atoms with van der Waals surface area (Å²) in [7, 11) is 1.68. The molecule has 26 heavy (non-hydrogen) atoms. The SMILES string of the molecule is CC(C)c1ccc(CN2CCN(C(=O)c3ccn(C)c(=O)c3)CC2)cc1. The molecule has 0 spiro atoms. The Balaban J connectivity index is 1.56. The van der Waals surface area contributed by atoms with Crippen LogP contribution in [0.1, 0.15) is 41.3 Å². The quantitative estimate of drug-likeness (QED) is 0.848. The zero-order valence-corrected chi connectivity index (χ0v) is 15.8. The van der Waals surface area contributed by atoms with Gasteiger partial charge in [-0.05, 0) is 23.1 Å². The van der Waals surface area contributed by atoms with E-state index < -0.39 is 0 Å². The number of carbonyl (C=O) groups is 1. The highest BCUT2D eigenvalue weighted by Gasteiger charge is 2.22. The molecule has 0 unspecified atom stereocenters. The molecule has 2 aromatic rings. The molecule has 1 fully saturated rings. The minimum atomic E-state index is -0.153. The van der Waals surface area contributed by atoms with Gasteiger partial charge in [-0.2, -0.15) is 0 Å². The molecule has 5 heteroatoms. The first kappa shape index (κ1) is 18.4. The van der Waals surface area contributed by atoms with Gasteiger partial charge in [-0.1, -0.05) is 38.1 Å². The molecule has 1 aromatic carbocycles. The van der Waals surface area contributed by atoms with Gasteiger partial charge in [0.1, 0.15) is 0 Å². The summed E-state index contributed by atoms with van der Waals surface area (Å²) in [4.78, 5) is 28.5. The summed E-state index contributed by atoms with van der Waals surface area (Å²) in [6, 6.07) is 11.9. The molecule has 1 saturated heterocycles. The lowest BCUT2D eigenvalue weighted by Crippen LogP contribution is -2.48. The van der Waals surface area contributed by atoms with Gasteiger partial charge in [0, 0.05) is 57.6 Å². The number of carbonyl (C=O) groups excluding carboxylic acids is 1. The van der Waals surface area contributed by atoms with E-state index in [4.69, 9.17) is 0 Å². The van der Waals surface area contributed by atoms with Crippen molar-refractivity contribution in [3.63, 3.8) is 0 Å². The molecule has 2 heterocycles. The lowest BCUT2D eigenvalue weighted by atomic mass is 10.0. The number of aromatic nitrogens is 1. The van der Waals surface area contributed by atoms with Crippen molar-refractivity contribution in [1.29, 1.82) is 0 Å². The van der Waals surface area contributed by atoms with Crippen molar-refractivity contribution < 1.29 is 4.79 Å². The molecule has 5 nitrogen and oxygen atoms in total. The smallest absolute Gasteiger partial charge is 0.254 e. The van der Waals surface area contributed by atoms with Crippen LogP contribution in [0.4, 0.5) is 0 Å². The van der Waals surface area contributed by atoms with Crippen LogP contribution < -0.4 is 5.56 Å². The molecular formula is C21H27N3O2. The summed E-state index contributed by atoms with van der Waals surface area (Å²) in [5.41, 5.74) is 2.99. The fourth-order valence-electron chi connectivity index (χ4n) is 3.24. The van der Waals surface area contributed by atoms with E-state index in [2.05, 4.69) is 43.0 Å². The van der Waals surface area contributed by atoms with Crippen LogP contribution in [-0.2, 0) is 13.6 Å². The molecule has 0 radical (unpaired) electrons. The molecule has 0 N–H and O–H groups in total. The maximum absolute atomic E-state index is 12.6. The van der Waals surface area contributed by atoms with Gasteiger partial charge in [0.15, 0.2) is 0 Å². The third-order valence-electron chi connectivity index (χ3n) is 5.06. The van der Waals surface area contributed by atoms with Crippen LogP contribution in [0.3, 0.4) is 0 Å². The average Bonchev–Trinajstić information content (AvgIpc) is 2.64. The van der Waals surface area contributed by atoms with Gasteiger partial charge in [0.2, 0.25) is 0 Å². The van der Waals surface area contributed by atoms with Crippen molar-refractivity contribution in [3.05, 3.63) is 69.6 Å². The average molecular weight is 353 g/mol. The van der Waals surface area contributed by atoms with Gasteiger partial charge >= 0.3 is 0 Å². The third-order valence-corrected chi connectivity index (χ3v) is 5.06. The minimum absolute atomic E-state index is 0.0522. The number of hydrogen-bond donors (Lipinski definition) is 0. The summed E-state index contributed by atoms with van der Waals surface area (Å²) in [6.07, 6.45) is 1.65. The normalized spacial score (nSPS) is 15.5. The Morgan fingerprint density at radius 2 is 1.69 bits per heavy atom. The van der Waals surface area contributed by atoms with Gasteiger partial charge in [-0.15, -0.1) is 0 Å². The Hall–Kier alpha value is -2.40. The number of pyridine rings is 1. The number of aryl methyl sites for hydroxylation is 1. The largest absolute Gasteiger partial charge is 0.336 e. The fraction of sp³-hybridized carbons (Fsp3) is 0.429. The molecule has 0 saturated carbocycles. The summed E-state index contributed by atoms with van der Waals surface area (Å²) >= 11 is 0. The van der Waals surface area contributed by atoms with Crippen molar-refractivity contribution >= 4 is 5.91 Å². The minimum Gasteiger partial charge on any atom is -0.336 e. The Bertz CT molecular complexity index is 816. The summed E-state index contributed by atoms with van der Waals surface area (Å²) < 4.78 is 1.47. The van der Waals surface area contributed by atoms with Crippen LogP contribution >= 0.6 is 0 Å². The highest BCUT2D eigenvalue weighted by atomic mass is 16.2. The maximum atomic E-state index is 12.6. The van der Waals surface area contributed by atoms with Crippen LogP contribution in [0.5, 0.6) is 0 Å². The van der Waals surface area contributed by atoms with Crippen molar-refractivity contribution in [3.8, 4) is 0 Å². The van der Waals surface area contributed by atoms with Gasteiger partial charge in [0.25, 0.3) is 11.5 Å². The predicted molar refractivity (Wildman–Crippen MR) is 103 cm³/mol. The van der Waals surface area contributed by atoms with E-state index in [1.54, 1.807) is 19.3 Å². The zero-order valence-electron chi connectivity index (χ0n) is 15.8. The van der Waals surface area contributed by atoms with E-state index in [-0.39, 0.29) is 11.5 Å². The molecule has 138 valence electrons. The summed E-state index contributed by atoms with van der Waals surface area (Å²) in [6.45, 7) is 8.40. The van der Waals surface area contributed by atoms with Gasteiger partial charge in [-0.25, -0.2) is 0 Å². The van der Waals surface area contributed by atoms with Crippen molar-refractivity contribution in [2.45, 2.75) is 26.3 Å². The Kier molecular flexibility index (Phi) is 5.57. The van der Waals surface area contributed by atoms with Gasteiger partial charge in [-0.3, -0.25) is 14.5 Å². The Morgan fingerprint density at radius 3 is 2.27 bits per heavy atom. The summed E-state index contributed by atoms with van der Waals surface area (Å²) in [5, 5.41) is 0. The van der Waals surface area contributed by atoms with E-state index in [1.807, 2.05) is 4.90 Å². The molecule has 1 amide bonds. The number of piperazine rings is 1. The molecule has 3 rings (SSSR count). The van der Waals surface area contributed by atoms with E-state index >= 15 is 0 Å². The molecule has 0 atom stereocenters. The Labute approximate surface area is 154 Å². The molecular weight excluding hydrogens is 326 g/mol. The topological polar surface area (TPSA) is 45.5 Å². The second kappa shape index (κ2) is 7.87. The molecule has 0 aliphatic carbocycles. The first-order valence-corrected chi connectivity index (χ1v) is 9.21. The number of hydrogen-bond acceptors (Lipinski definition) is 3. The lowest BCUT2D eigenvalue weighted by Gasteiger charge is -2.34. The fourth-order valence-corrected chi connectivity index (χ4v) is 3.24. The second-order valence-corrected chi connectivity index (χ2v) is 7.33. The van der Waals surface area contributed by atoms with Gasteiger partial charge < -0.3 is 9.47 Å². The van der Waals surface area contributed by atoms with E-state index in [1.165, 1.54) is 21.8 Å².